The number of nitrogens with one attached hydrogen (secondary N) is 1. The van der Waals surface area contributed by atoms with Crippen LogP contribution in [0.3, 0.4) is 0 Å². The lowest BCUT2D eigenvalue weighted by Gasteiger charge is -2.21. The third-order valence-corrected chi connectivity index (χ3v) is 6.16. The van der Waals surface area contributed by atoms with Crippen LogP contribution in [-0.2, 0) is 11.8 Å². The highest BCUT2D eigenvalue weighted by Gasteiger charge is 2.47. The van der Waals surface area contributed by atoms with Crippen molar-refractivity contribution in [3.05, 3.63) is 77.6 Å². The molecule has 0 radical (unpaired) electrons. The lowest BCUT2D eigenvalue weighted by atomic mass is 9.91. The third-order valence-electron chi connectivity index (χ3n) is 6.16. The van der Waals surface area contributed by atoms with Gasteiger partial charge in [-0.3, -0.25) is 0 Å². The van der Waals surface area contributed by atoms with Gasteiger partial charge in [0.05, 0.1) is 19.4 Å². The standard InChI is InChI=1S/C25H25N3O2/c1-16-4-7-22(28-24(16)19-8-12-26-23(15-19)29-3)27-17(2)25(10-11-25)20-5-6-21-18(14-20)9-13-30-21/h4-8,12,14-15H,2,9-11,13H2,1,3H3,(H,27,28). The molecule has 152 valence electrons. The second-order valence-electron chi connectivity index (χ2n) is 8.06. The zero-order chi connectivity index (χ0) is 20.7. The summed E-state index contributed by atoms with van der Waals surface area (Å²) < 4.78 is 10.9. The monoisotopic (exact) mass is 399 g/mol. The summed E-state index contributed by atoms with van der Waals surface area (Å²) in [7, 11) is 1.62. The van der Waals surface area contributed by atoms with Gasteiger partial charge in [0.1, 0.15) is 11.6 Å². The number of aromatic nitrogens is 2. The highest BCUT2D eigenvalue weighted by Crippen LogP contribution is 2.54. The van der Waals surface area contributed by atoms with E-state index in [0.717, 1.165) is 60.0 Å². The maximum absolute atomic E-state index is 5.66. The Bertz CT molecular complexity index is 1130. The minimum absolute atomic E-state index is 0.0236. The number of rotatable bonds is 6. The molecule has 0 saturated heterocycles. The molecule has 3 aromatic rings. The van der Waals surface area contributed by atoms with E-state index in [9.17, 15) is 0 Å². The smallest absolute Gasteiger partial charge is 0.213 e. The highest BCUT2D eigenvalue weighted by atomic mass is 16.5. The van der Waals surface area contributed by atoms with Gasteiger partial charge in [0.25, 0.3) is 0 Å². The molecular formula is C25H25N3O2. The number of fused-ring (bicyclic) bond motifs is 1. The Labute approximate surface area is 176 Å². The minimum atomic E-state index is -0.0236. The summed E-state index contributed by atoms with van der Waals surface area (Å²) in [5.74, 6) is 2.40. The zero-order valence-corrected chi connectivity index (χ0v) is 17.4. The van der Waals surface area contributed by atoms with Gasteiger partial charge < -0.3 is 14.8 Å². The van der Waals surface area contributed by atoms with Crippen molar-refractivity contribution in [2.24, 2.45) is 0 Å². The molecule has 0 atom stereocenters. The van der Waals surface area contributed by atoms with Gasteiger partial charge in [-0.2, -0.15) is 0 Å². The molecule has 3 heterocycles. The van der Waals surface area contributed by atoms with Gasteiger partial charge in [0, 0.05) is 35.4 Å². The fourth-order valence-electron chi connectivity index (χ4n) is 4.21. The van der Waals surface area contributed by atoms with E-state index in [2.05, 4.69) is 48.1 Å². The van der Waals surface area contributed by atoms with Gasteiger partial charge >= 0.3 is 0 Å². The molecule has 0 amide bonds. The predicted molar refractivity (Wildman–Crippen MR) is 118 cm³/mol. The number of methoxy groups -OCH3 is 1. The number of benzene rings is 1. The van der Waals surface area contributed by atoms with E-state index in [1.165, 1.54) is 11.1 Å². The van der Waals surface area contributed by atoms with Crippen molar-refractivity contribution in [2.75, 3.05) is 19.0 Å². The van der Waals surface area contributed by atoms with Gasteiger partial charge in [-0.25, -0.2) is 9.97 Å². The summed E-state index contributed by atoms with van der Waals surface area (Å²) >= 11 is 0. The van der Waals surface area contributed by atoms with E-state index in [1.54, 1.807) is 13.3 Å². The Hall–Kier alpha value is -3.34. The Morgan fingerprint density at radius 3 is 2.83 bits per heavy atom. The van der Waals surface area contributed by atoms with Crippen LogP contribution in [-0.4, -0.2) is 23.7 Å². The fourth-order valence-corrected chi connectivity index (χ4v) is 4.21. The number of anilines is 1. The van der Waals surface area contributed by atoms with Crippen LogP contribution < -0.4 is 14.8 Å². The molecule has 30 heavy (non-hydrogen) atoms. The molecule has 5 rings (SSSR count). The molecule has 1 N–H and O–H groups in total. The summed E-state index contributed by atoms with van der Waals surface area (Å²) in [5, 5.41) is 3.49. The van der Waals surface area contributed by atoms with Crippen LogP contribution in [0.5, 0.6) is 11.6 Å². The quantitative estimate of drug-likeness (QED) is 0.628. The Balaban J connectivity index is 1.41. The van der Waals surface area contributed by atoms with Crippen LogP contribution in [0.4, 0.5) is 5.82 Å². The van der Waals surface area contributed by atoms with Crippen LogP contribution in [0.25, 0.3) is 11.3 Å². The first kappa shape index (κ1) is 18.7. The number of aryl methyl sites for hydroxylation is 1. The summed E-state index contributed by atoms with van der Waals surface area (Å²) in [6.45, 7) is 7.23. The number of hydrogen-bond acceptors (Lipinski definition) is 5. The van der Waals surface area contributed by atoms with Gasteiger partial charge in [0.2, 0.25) is 5.88 Å². The maximum atomic E-state index is 5.66. The third kappa shape index (κ3) is 3.20. The molecule has 1 saturated carbocycles. The number of hydrogen-bond donors (Lipinski definition) is 1. The van der Waals surface area contributed by atoms with Crippen molar-refractivity contribution < 1.29 is 9.47 Å². The first-order chi connectivity index (χ1) is 14.6. The van der Waals surface area contributed by atoms with Crippen molar-refractivity contribution >= 4 is 5.82 Å². The normalized spacial score (nSPS) is 15.8. The van der Waals surface area contributed by atoms with Crippen LogP contribution >= 0.6 is 0 Å². The molecule has 1 aliphatic carbocycles. The van der Waals surface area contributed by atoms with Crippen LogP contribution in [0.1, 0.15) is 29.5 Å². The topological polar surface area (TPSA) is 56.3 Å². The summed E-state index contributed by atoms with van der Waals surface area (Å²) in [5.41, 5.74) is 6.57. The summed E-state index contributed by atoms with van der Waals surface area (Å²) in [6.07, 6.45) is 4.92. The van der Waals surface area contributed by atoms with Gasteiger partial charge in [0.15, 0.2) is 0 Å². The van der Waals surface area contributed by atoms with Crippen LogP contribution in [0.2, 0.25) is 0 Å². The molecule has 5 heteroatoms. The lowest BCUT2D eigenvalue weighted by Crippen LogP contribution is -2.17. The lowest BCUT2D eigenvalue weighted by molar-refractivity contribution is 0.357. The van der Waals surface area contributed by atoms with Gasteiger partial charge in [-0.1, -0.05) is 24.8 Å². The van der Waals surface area contributed by atoms with E-state index < -0.39 is 0 Å². The molecular weight excluding hydrogens is 374 g/mol. The van der Waals surface area contributed by atoms with Gasteiger partial charge in [-0.05, 0) is 54.7 Å². The second kappa shape index (κ2) is 7.17. The summed E-state index contributed by atoms with van der Waals surface area (Å²) in [6, 6.07) is 14.5. The first-order valence-corrected chi connectivity index (χ1v) is 10.3. The van der Waals surface area contributed by atoms with E-state index in [-0.39, 0.29) is 5.41 Å². The van der Waals surface area contributed by atoms with E-state index in [1.807, 2.05) is 18.2 Å². The number of ether oxygens (including phenoxy) is 2. The van der Waals surface area contributed by atoms with Crippen LogP contribution in [0, 0.1) is 6.92 Å². The molecule has 0 spiro atoms. The molecule has 1 aliphatic heterocycles. The SMILES string of the molecule is C=C(Nc1ccc(C)c(-c2ccnc(OC)c2)n1)C1(c2ccc3c(c2)CCO3)CC1. The Morgan fingerprint density at radius 1 is 1.17 bits per heavy atom. The first-order valence-electron chi connectivity index (χ1n) is 10.3. The van der Waals surface area contributed by atoms with Crippen molar-refractivity contribution in [1.29, 1.82) is 0 Å². The van der Waals surface area contributed by atoms with E-state index >= 15 is 0 Å². The Kier molecular flexibility index (Phi) is 4.46. The Morgan fingerprint density at radius 2 is 2.03 bits per heavy atom. The van der Waals surface area contributed by atoms with Crippen molar-refractivity contribution in [3.8, 4) is 22.9 Å². The van der Waals surface area contributed by atoms with Gasteiger partial charge in [-0.15, -0.1) is 0 Å². The largest absolute Gasteiger partial charge is 0.493 e. The second-order valence-corrected chi connectivity index (χ2v) is 8.06. The molecule has 5 nitrogen and oxygen atoms in total. The zero-order valence-electron chi connectivity index (χ0n) is 17.4. The molecule has 0 unspecified atom stereocenters. The fraction of sp³-hybridized carbons (Fsp3) is 0.280. The average molecular weight is 399 g/mol. The highest BCUT2D eigenvalue weighted by molar-refractivity contribution is 5.66. The molecule has 0 bridgehead atoms. The van der Waals surface area contributed by atoms with Crippen molar-refractivity contribution in [2.45, 2.75) is 31.6 Å². The minimum Gasteiger partial charge on any atom is -0.493 e. The van der Waals surface area contributed by atoms with Crippen LogP contribution in [0.15, 0.2) is 60.9 Å². The molecule has 2 aliphatic rings. The molecule has 2 aromatic heterocycles. The van der Waals surface area contributed by atoms with Crippen molar-refractivity contribution in [1.82, 2.24) is 9.97 Å². The number of allylic oxidation sites excluding steroid dienone is 1. The molecule has 1 fully saturated rings. The van der Waals surface area contributed by atoms with E-state index in [0.29, 0.717) is 5.88 Å². The number of pyridine rings is 2. The predicted octanol–water partition coefficient (Wildman–Crippen LogP) is 5.05. The average Bonchev–Trinajstić information content (AvgIpc) is 3.46. The number of nitrogens with zero attached hydrogens (tertiary/aromatic N) is 2. The molecule has 1 aromatic carbocycles. The van der Waals surface area contributed by atoms with Crippen molar-refractivity contribution in [3.63, 3.8) is 0 Å². The summed E-state index contributed by atoms with van der Waals surface area (Å²) in [4.78, 5) is 9.07. The van der Waals surface area contributed by atoms with E-state index in [4.69, 9.17) is 14.5 Å². The maximum Gasteiger partial charge on any atom is 0.213 e.